The monoisotopic (exact) mass is 428 g/mol. The molecule has 2 aromatic carbocycles. The Morgan fingerprint density at radius 2 is 1.93 bits per heavy atom. The Morgan fingerprint density at radius 3 is 2.70 bits per heavy atom. The van der Waals surface area contributed by atoms with Crippen molar-refractivity contribution in [2.75, 3.05) is 24.6 Å². The molecule has 158 valence electrons. The van der Waals surface area contributed by atoms with E-state index in [-0.39, 0.29) is 24.5 Å². The normalized spacial score (nSPS) is 14.9. The Bertz CT molecular complexity index is 946. The maximum atomic E-state index is 14.1. The van der Waals surface area contributed by atoms with Crippen molar-refractivity contribution >= 4 is 35.3 Å². The van der Waals surface area contributed by atoms with Crippen LogP contribution in [0.5, 0.6) is 0 Å². The van der Waals surface area contributed by atoms with Gasteiger partial charge in [-0.15, -0.1) is 0 Å². The van der Waals surface area contributed by atoms with E-state index >= 15 is 0 Å². The second-order valence-corrected chi connectivity index (χ2v) is 8.20. The van der Waals surface area contributed by atoms with Crippen molar-refractivity contribution in [3.8, 4) is 0 Å². The molecule has 0 saturated heterocycles. The Morgan fingerprint density at radius 1 is 1.20 bits per heavy atom. The molecular weight excluding hydrogens is 403 g/mol. The van der Waals surface area contributed by atoms with Crippen molar-refractivity contribution in [3.63, 3.8) is 0 Å². The summed E-state index contributed by atoms with van der Waals surface area (Å²) in [6, 6.07) is 13.7. The summed E-state index contributed by atoms with van der Waals surface area (Å²) in [5.41, 5.74) is 1.01. The van der Waals surface area contributed by atoms with Crippen LogP contribution in [0.2, 0.25) is 0 Å². The van der Waals surface area contributed by atoms with E-state index in [2.05, 4.69) is 5.32 Å². The predicted molar refractivity (Wildman–Crippen MR) is 118 cm³/mol. The molecule has 2 amide bonds. The zero-order valence-corrected chi connectivity index (χ0v) is 17.9. The number of halogens is 1. The van der Waals surface area contributed by atoms with Gasteiger partial charge in [-0.05, 0) is 44.5 Å². The minimum atomic E-state index is -0.398. The summed E-state index contributed by atoms with van der Waals surface area (Å²) in [5, 5.41) is 2.83. The van der Waals surface area contributed by atoms with Gasteiger partial charge >= 0.3 is 0 Å². The van der Waals surface area contributed by atoms with Gasteiger partial charge in [0.1, 0.15) is 12.4 Å². The topological polar surface area (TPSA) is 58.6 Å². The lowest BCUT2D eigenvalue weighted by Gasteiger charge is -2.29. The summed E-state index contributed by atoms with van der Waals surface area (Å²) in [6.45, 7) is 4.86. The van der Waals surface area contributed by atoms with Gasteiger partial charge in [-0.3, -0.25) is 14.5 Å². The average Bonchev–Trinajstić information content (AvgIpc) is 2.72. The molecule has 0 saturated carbocycles. The molecular formula is C23H25FN2O3S. The van der Waals surface area contributed by atoms with Crippen LogP contribution in [0, 0.1) is 5.82 Å². The first-order valence-electron chi connectivity index (χ1n) is 9.89. The molecule has 1 aliphatic heterocycles. The lowest BCUT2D eigenvalue weighted by Crippen LogP contribution is -2.43. The third-order valence-electron chi connectivity index (χ3n) is 4.42. The number of para-hydroxylation sites is 1. The number of fused-ring (bicyclic) bond motifs is 1. The summed E-state index contributed by atoms with van der Waals surface area (Å²) < 4.78 is 19.5. The number of hydrogen-bond donors (Lipinski definition) is 1. The molecule has 0 aliphatic carbocycles. The van der Waals surface area contributed by atoms with Crippen LogP contribution >= 0.6 is 11.8 Å². The number of rotatable bonds is 8. The number of ether oxygens (including phenoxy) is 1. The molecule has 5 nitrogen and oxygen atoms in total. The van der Waals surface area contributed by atoms with E-state index in [4.69, 9.17) is 4.74 Å². The van der Waals surface area contributed by atoms with Crippen molar-refractivity contribution in [2.45, 2.75) is 31.3 Å². The standard InChI is InChI=1S/C23H25FN2O3S/c1-16(2)29-13-7-12-25-22(27)15-26-19-10-5-6-11-20(19)30-21(23(26)28)14-17-8-3-4-9-18(17)24/h3-6,8-11,14,16H,7,12-13,15H2,1-2H3,(H,25,27)/b21-14-. The van der Waals surface area contributed by atoms with E-state index in [0.717, 1.165) is 4.90 Å². The first kappa shape index (κ1) is 22.1. The fraction of sp³-hybridized carbons (Fsp3) is 0.304. The number of hydrogen-bond acceptors (Lipinski definition) is 4. The molecule has 0 aromatic heterocycles. The highest BCUT2D eigenvalue weighted by atomic mass is 32.2. The second-order valence-electron chi connectivity index (χ2n) is 7.11. The van der Waals surface area contributed by atoms with Crippen LogP contribution in [-0.2, 0) is 14.3 Å². The van der Waals surface area contributed by atoms with Gasteiger partial charge in [-0.1, -0.05) is 42.1 Å². The SMILES string of the molecule is CC(C)OCCCNC(=O)CN1C(=O)/C(=C/c2ccccc2F)Sc2ccccc21. The van der Waals surface area contributed by atoms with Crippen LogP contribution in [0.25, 0.3) is 6.08 Å². The number of carbonyl (C=O) groups is 2. The maximum absolute atomic E-state index is 14.1. The Hall–Kier alpha value is -2.64. The number of anilines is 1. The molecule has 30 heavy (non-hydrogen) atoms. The summed E-state index contributed by atoms with van der Waals surface area (Å²) in [7, 11) is 0. The van der Waals surface area contributed by atoms with Crippen molar-refractivity contribution in [3.05, 3.63) is 64.8 Å². The van der Waals surface area contributed by atoms with Gasteiger partial charge in [-0.25, -0.2) is 4.39 Å². The number of thioether (sulfide) groups is 1. The lowest BCUT2D eigenvalue weighted by atomic mass is 10.2. The van der Waals surface area contributed by atoms with Crippen molar-refractivity contribution < 1.29 is 18.7 Å². The molecule has 1 N–H and O–H groups in total. The zero-order chi connectivity index (χ0) is 21.5. The highest BCUT2D eigenvalue weighted by molar-refractivity contribution is 8.04. The lowest BCUT2D eigenvalue weighted by molar-refractivity contribution is -0.122. The molecule has 0 bridgehead atoms. The largest absolute Gasteiger partial charge is 0.379 e. The molecule has 7 heteroatoms. The van der Waals surface area contributed by atoms with Gasteiger partial charge in [0.05, 0.1) is 16.7 Å². The molecule has 0 fully saturated rings. The number of benzene rings is 2. The third kappa shape index (κ3) is 5.70. The van der Waals surface area contributed by atoms with Gasteiger partial charge in [0.25, 0.3) is 5.91 Å². The smallest absolute Gasteiger partial charge is 0.265 e. The van der Waals surface area contributed by atoms with Crippen molar-refractivity contribution in [1.29, 1.82) is 0 Å². The van der Waals surface area contributed by atoms with Gasteiger partial charge in [0, 0.05) is 23.6 Å². The fourth-order valence-corrected chi connectivity index (χ4v) is 4.02. The number of nitrogens with zero attached hydrogens (tertiary/aromatic N) is 1. The van der Waals surface area contributed by atoms with Crippen LogP contribution in [0.15, 0.2) is 58.3 Å². The van der Waals surface area contributed by atoms with Gasteiger partial charge < -0.3 is 10.1 Å². The van der Waals surface area contributed by atoms with Crippen LogP contribution in [0.3, 0.4) is 0 Å². The zero-order valence-electron chi connectivity index (χ0n) is 17.1. The average molecular weight is 429 g/mol. The Kier molecular flexibility index (Phi) is 7.65. The number of carbonyl (C=O) groups excluding carboxylic acids is 2. The summed E-state index contributed by atoms with van der Waals surface area (Å²) in [4.78, 5) is 28.2. The van der Waals surface area contributed by atoms with E-state index < -0.39 is 5.82 Å². The third-order valence-corrected chi connectivity index (χ3v) is 5.50. The maximum Gasteiger partial charge on any atom is 0.265 e. The summed E-state index contributed by atoms with van der Waals surface area (Å²) >= 11 is 1.28. The van der Waals surface area contributed by atoms with E-state index in [1.54, 1.807) is 18.2 Å². The van der Waals surface area contributed by atoms with E-state index in [1.807, 2.05) is 38.1 Å². The summed E-state index contributed by atoms with van der Waals surface area (Å²) in [5.74, 6) is -0.967. The molecule has 1 heterocycles. The molecule has 0 radical (unpaired) electrons. The molecule has 1 aliphatic rings. The van der Waals surface area contributed by atoms with Crippen LogP contribution in [0.1, 0.15) is 25.8 Å². The van der Waals surface area contributed by atoms with E-state index in [9.17, 15) is 14.0 Å². The van der Waals surface area contributed by atoms with Crippen molar-refractivity contribution in [1.82, 2.24) is 5.32 Å². The van der Waals surface area contributed by atoms with Gasteiger partial charge in [0.2, 0.25) is 5.91 Å². The first-order valence-corrected chi connectivity index (χ1v) is 10.7. The number of amides is 2. The number of nitrogens with one attached hydrogen (secondary N) is 1. The minimum Gasteiger partial charge on any atom is -0.379 e. The van der Waals surface area contributed by atoms with Gasteiger partial charge in [0.15, 0.2) is 0 Å². The van der Waals surface area contributed by atoms with E-state index in [0.29, 0.717) is 35.7 Å². The van der Waals surface area contributed by atoms with Crippen molar-refractivity contribution in [2.24, 2.45) is 0 Å². The highest BCUT2D eigenvalue weighted by Crippen LogP contribution is 2.42. The predicted octanol–water partition coefficient (Wildman–Crippen LogP) is 4.24. The Labute approximate surface area is 180 Å². The molecule has 0 atom stereocenters. The van der Waals surface area contributed by atoms with E-state index in [1.165, 1.54) is 28.8 Å². The molecule has 0 spiro atoms. The second kappa shape index (κ2) is 10.4. The first-order chi connectivity index (χ1) is 14.5. The van der Waals surface area contributed by atoms with Crippen LogP contribution < -0.4 is 10.2 Å². The van der Waals surface area contributed by atoms with Gasteiger partial charge in [-0.2, -0.15) is 0 Å². The van der Waals surface area contributed by atoms with Crippen LogP contribution in [0.4, 0.5) is 10.1 Å². The molecule has 2 aromatic rings. The van der Waals surface area contributed by atoms with Crippen LogP contribution in [-0.4, -0.2) is 37.6 Å². The molecule has 0 unspecified atom stereocenters. The quantitative estimate of drug-likeness (QED) is 0.505. The summed E-state index contributed by atoms with van der Waals surface area (Å²) in [6.07, 6.45) is 2.38. The minimum absolute atomic E-state index is 0.101. The molecule has 3 rings (SSSR count). The highest BCUT2D eigenvalue weighted by Gasteiger charge is 2.30. The Balaban J connectivity index is 1.73. The fourth-order valence-electron chi connectivity index (χ4n) is 2.97.